The van der Waals surface area contributed by atoms with Crippen LogP contribution in [0.15, 0.2) is 18.2 Å². The summed E-state index contributed by atoms with van der Waals surface area (Å²) in [5.74, 6) is 1.22. The summed E-state index contributed by atoms with van der Waals surface area (Å²) in [6.45, 7) is 8.48. The molecular weight excluding hydrogens is 241 g/mol. The SMILES string of the molecule is CCC(CNCC(C)C)Cc1cccc(OC)c1F. The molecule has 1 rings (SSSR count). The quantitative estimate of drug-likeness (QED) is 0.776. The molecule has 108 valence electrons. The van der Waals surface area contributed by atoms with Crippen molar-refractivity contribution in [3.8, 4) is 5.75 Å². The van der Waals surface area contributed by atoms with Crippen LogP contribution in [-0.2, 0) is 6.42 Å². The van der Waals surface area contributed by atoms with E-state index in [1.807, 2.05) is 12.1 Å². The van der Waals surface area contributed by atoms with Gasteiger partial charge in [-0.3, -0.25) is 0 Å². The fourth-order valence-corrected chi connectivity index (χ4v) is 2.12. The van der Waals surface area contributed by atoms with Gasteiger partial charge in [-0.25, -0.2) is 4.39 Å². The van der Waals surface area contributed by atoms with Gasteiger partial charge in [-0.2, -0.15) is 0 Å². The Balaban J connectivity index is 2.60. The second kappa shape index (κ2) is 8.16. The molecule has 0 aliphatic rings. The van der Waals surface area contributed by atoms with Crippen molar-refractivity contribution in [2.45, 2.75) is 33.6 Å². The van der Waals surface area contributed by atoms with Gasteiger partial charge in [0.2, 0.25) is 0 Å². The van der Waals surface area contributed by atoms with Crippen molar-refractivity contribution in [3.05, 3.63) is 29.6 Å². The molecule has 1 atom stereocenters. The number of halogens is 1. The van der Waals surface area contributed by atoms with Gasteiger partial charge in [-0.15, -0.1) is 0 Å². The van der Waals surface area contributed by atoms with Crippen molar-refractivity contribution < 1.29 is 9.13 Å². The number of ether oxygens (including phenoxy) is 1. The Hall–Kier alpha value is -1.09. The van der Waals surface area contributed by atoms with E-state index in [9.17, 15) is 4.39 Å². The number of benzene rings is 1. The first-order valence-corrected chi connectivity index (χ1v) is 7.10. The molecule has 0 radical (unpaired) electrons. The molecule has 0 spiro atoms. The molecule has 0 bridgehead atoms. The van der Waals surface area contributed by atoms with Gasteiger partial charge in [0.15, 0.2) is 11.6 Å². The normalized spacial score (nSPS) is 12.7. The second-order valence-electron chi connectivity index (χ2n) is 5.46. The number of nitrogens with one attached hydrogen (secondary N) is 1. The van der Waals surface area contributed by atoms with E-state index < -0.39 is 0 Å². The van der Waals surface area contributed by atoms with E-state index in [4.69, 9.17) is 4.74 Å². The minimum atomic E-state index is -0.215. The Morgan fingerprint density at radius 3 is 2.58 bits per heavy atom. The van der Waals surface area contributed by atoms with E-state index in [0.29, 0.717) is 17.6 Å². The highest BCUT2D eigenvalue weighted by Gasteiger charge is 2.13. The van der Waals surface area contributed by atoms with E-state index in [0.717, 1.165) is 31.5 Å². The lowest BCUT2D eigenvalue weighted by Crippen LogP contribution is -2.27. The lowest BCUT2D eigenvalue weighted by atomic mass is 9.96. The van der Waals surface area contributed by atoms with Gasteiger partial charge in [-0.05, 0) is 43.0 Å². The third-order valence-corrected chi connectivity index (χ3v) is 3.33. The molecule has 0 saturated heterocycles. The van der Waals surface area contributed by atoms with Gasteiger partial charge in [0.25, 0.3) is 0 Å². The maximum absolute atomic E-state index is 14.1. The summed E-state index contributed by atoms with van der Waals surface area (Å²) in [7, 11) is 1.50. The van der Waals surface area contributed by atoms with Crippen LogP contribution in [-0.4, -0.2) is 20.2 Å². The molecule has 3 heteroatoms. The molecule has 0 fully saturated rings. The Kier molecular flexibility index (Phi) is 6.85. The zero-order chi connectivity index (χ0) is 14.3. The fraction of sp³-hybridized carbons (Fsp3) is 0.625. The topological polar surface area (TPSA) is 21.3 Å². The van der Waals surface area contributed by atoms with Crippen molar-refractivity contribution in [2.75, 3.05) is 20.2 Å². The summed E-state index contributed by atoms with van der Waals surface area (Å²) in [6.07, 6.45) is 1.80. The molecular formula is C16H26FNO. The van der Waals surface area contributed by atoms with Gasteiger partial charge in [0, 0.05) is 0 Å². The van der Waals surface area contributed by atoms with Crippen molar-refractivity contribution in [1.29, 1.82) is 0 Å². The van der Waals surface area contributed by atoms with Gasteiger partial charge < -0.3 is 10.1 Å². The van der Waals surface area contributed by atoms with Crippen molar-refractivity contribution in [1.82, 2.24) is 5.32 Å². The smallest absolute Gasteiger partial charge is 0.168 e. The molecule has 1 N–H and O–H groups in total. The summed E-state index contributed by atoms with van der Waals surface area (Å²) in [5, 5.41) is 3.45. The van der Waals surface area contributed by atoms with Crippen molar-refractivity contribution in [2.24, 2.45) is 11.8 Å². The molecule has 1 aromatic carbocycles. The summed E-state index contributed by atoms with van der Waals surface area (Å²) >= 11 is 0. The minimum Gasteiger partial charge on any atom is -0.494 e. The lowest BCUT2D eigenvalue weighted by molar-refractivity contribution is 0.379. The van der Waals surface area contributed by atoms with Crippen LogP contribution in [0.1, 0.15) is 32.8 Å². The third kappa shape index (κ3) is 5.19. The van der Waals surface area contributed by atoms with Crippen LogP contribution in [0.25, 0.3) is 0 Å². The van der Waals surface area contributed by atoms with Crippen LogP contribution in [0.3, 0.4) is 0 Å². The zero-order valence-corrected chi connectivity index (χ0v) is 12.5. The van der Waals surface area contributed by atoms with Crippen LogP contribution in [0, 0.1) is 17.7 Å². The summed E-state index contributed by atoms with van der Waals surface area (Å²) < 4.78 is 19.1. The summed E-state index contributed by atoms with van der Waals surface area (Å²) in [5.41, 5.74) is 0.748. The first kappa shape index (κ1) is 16.0. The van der Waals surface area contributed by atoms with Gasteiger partial charge >= 0.3 is 0 Å². The first-order chi connectivity index (χ1) is 9.08. The van der Waals surface area contributed by atoms with Crippen LogP contribution >= 0.6 is 0 Å². The maximum Gasteiger partial charge on any atom is 0.168 e. The molecule has 0 aliphatic heterocycles. The maximum atomic E-state index is 14.1. The molecule has 1 aromatic rings. The zero-order valence-electron chi connectivity index (χ0n) is 12.5. The average Bonchev–Trinajstić information content (AvgIpc) is 2.39. The highest BCUT2D eigenvalue weighted by atomic mass is 19.1. The van der Waals surface area contributed by atoms with E-state index in [1.165, 1.54) is 7.11 Å². The number of methoxy groups -OCH3 is 1. The van der Waals surface area contributed by atoms with Crippen molar-refractivity contribution in [3.63, 3.8) is 0 Å². The van der Waals surface area contributed by atoms with Crippen LogP contribution in [0.5, 0.6) is 5.75 Å². The Morgan fingerprint density at radius 2 is 2.00 bits per heavy atom. The molecule has 0 heterocycles. The second-order valence-corrected chi connectivity index (χ2v) is 5.46. The predicted octanol–water partition coefficient (Wildman–Crippen LogP) is 3.65. The molecule has 0 aliphatic carbocycles. The van der Waals surface area contributed by atoms with E-state index in [2.05, 4.69) is 26.1 Å². The van der Waals surface area contributed by atoms with E-state index in [-0.39, 0.29) is 5.82 Å². The van der Waals surface area contributed by atoms with Crippen molar-refractivity contribution >= 4 is 0 Å². The number of rotatable bonds is 8. The highest BCUT2D eigenvalue weighted by molar-refractivity contribution is 5.31. The van der Waals surface area contributed by atoms with E-state index in [1.54, 1.807) is 6.07 Å². The monoisotopic (exact) mass is 267 g/mol. The molecule has 0 aromatic heterocycles. The molecule has 1 unspecified atom stereocenters. The lowest BCUT2D eigenvalue weighted by Gasteiger charge is -2.17. The Morgan fingerprint density at radius 1 is 1.26 bits per heavy atom. The van der Waals surface area contributed by atoms with Gasteiger partial charge in [-0.1, -0.05) is 39.3 Å². The largest absolute Gasteiger partial charge is 0.494 e. The average molecular weight is 267 g/mol. The summed E-state index contributed by atoms with van der Waals surface area (Å²) in [6, 6.07) is 5.37. The van der Waals surface area contributed by atoms with Gasteiger partial charge in [0.05, 0.1) is 7.11 Å². The molecule has 2 nitrogen and oxygen atoms in total. The highest BCUT2D eigenvalue weighted by Crippen LogP contribution is 2.23. The number of hydrogen-bond donors (Lipinski definition) is 1. The third-order valence-electron chi connectivity index (χ3n) is 3.33. The van der Waals surface area contributed by atoms with E-state index >= 15 is 0 Å². The molecule has 19 heavy (non-hydrogen) atoms. The van der Waals surface area contributed by atoms with Crippen LogP contribution in [0.2, 0.25) is 0 Å². The number of hydrogen-bond acceptors (Lipinski definition) is 2. The summed E-state index contributed by atoms with van der Waals surface area (Å²) in [4.78, 5) is 0. The van der Waals surface area contributed by atoms with Crippen LogP contribution < -0.4 is 10.1 Å². The van der Waals surface area contributed by atoms with Crippen LogP contribution in [0.4, 0.5) is 4.39 Å². The Bertz CT molecular complexity index is 379. The fourth-order valence-electron chi connectivity index (χ4n) is 2.12. The molecule has 0 amide bonds. The molecule has 0 saturated carbocycles. The first-order valence-electron chi connectivity index (χ1n) is 7.10. The van der Waals surface area contributed by atoms with Gasteiger partial charge in [0.1, 0.15) is 0 Å². The standard InChI is InChI=1S/C16H26FNO/c1-5-13(11-18-10-12(2)3)9-14-7-6-8-15(19-4)16(14)17/h6-8,12-13,18H,5,9-11H2,1-4H3. The minimum absolute atomic E-state index is 0.215. The predicted molar refractivity (Wildman–Crippen MR) is 78.1 cm³/mol. The Labute approximate surface area is 116 Å².